The second kappa shape index (κ2) is 22.1. The van der Waals surface area contributed by atoms with Gasteiger partial charge in [0.15, 0.2) is 34.9 Å². The minimum atomic E-state index is 0.601. The number of thiazole rings is 2. The van der Waals surface area contributed by atoms with Gasteiger partial charge in [-0.15, -0.1) is 45.3 Å². The average molecular weight is 1280 g/mol. The molecule has 0 saturated carbocycles. The number of furan rings is 2. The van der Waals surface area contributed by atoms with Crippen LogP contribution < -0.4 is 0 Å². The van der Waals surface area contributed by atoms with E-state index in [1.807, 2.05) is 121 Å². The van der Waals surface area contributed by atoms with Gasteiger partial charge in [0, 0.05) is 95.3 Å². The molecule has 0 saturated heterocycles. The van der Waals surface area contributed by atoms with E-state index in [1.54, 1.807) is 45.3 Å². The molecule has 0 bridgehead atoms. The molecule has 10 nitrogen and oxygen atoms in total. The second-order valence-electron chi connectivity index (χ2n) is 22.8. The zero-order valence-electron chi connectivity index (χ0n) is 49.4. The van der Waals surface area contributed by atoms with Crippen molar-refractivity contribution >= 4 is 150 Å². The number of benzene rings is 12. The van der Waals surface area contributed by atoms with Gasteiger partial charge in [-0.05, 0) is 72.8 Å². The number of thiophene rings is 2. The van der Waals surface area contributed by atoms with Gasteiger partial charge in [-0.2, -0.15) is 0 Å². The first-order valence-corrected chi connectivity index (χ1v) is 33.9. The molecule has 0 aliphatic carbocycles. The van der Waals surface area contributed by atoms with Crippen molar-refractivity contribution in [3.63, 3.8) is 0 Å². The molecule has 0 spiro atoms. The first-order chi connectivity index (χ1) is 46.5. The van der Waals surface area contributed by atoms with Gasteiger partial charge in [-0.3, -0.25) is 0 Å². The van der Waals surface area contributed by atoms with Gasteiger partial charge >= 0.3 is 0 Å². The molecule has 0 amide bonds. The minimum absolute atomic E-state index is 0.601. The minimum Gasteiger partial charge on any atom is -0.455 e. The number of para-hydroxylation sites is 4. The Balaban J connectivity index is 0.000000133. The molecule has 14 heteroatoms. The predicted molar refractivity (Wildman–Crippen MR) is 390 cm³/mol. The predicted octanol–water partition coefficient (Wildman–Crippen LogP) is 22.8. The van der Waals surface area contributed by atoms with Crippen molar-refractivity contribution in [1.29, 1.82) is 0 Å². The zero-order valence-corrected chi connectivity index (χ0v) is 52.7. The van der Waals surface area contributed by atoms with Crippen LogP contribution in [0.1, 0.15) is 0 Å². The Kier molecular flexibility index (Phi) is 12.8. The highest BCUT2D eigenvalue weighted by Gasteiger charge is 2.24. The summed E-state index contributed by atoms with van der Waals surface area (Å²) in [7, 11) is 0. The van der Waals surface area contributed by atoms with Gasteiger partial charge in [0.05, 0.1) is 31.6 Å². The van der Waals surface area contributed by atoms with Gasteiger partial charge in [-0.25, -0.2) is 39.9 Å². The topological polar surface area (TPSA) is 129 Å². The molecule has 0 unspecified atom stereocenters. The lowest BCUT2D eigenvalue weighted by molar-refractivity contribution is 0.669. The molecule has 440 valence electrons. The van der Waals surface area contributed by atoms with Crippen LogP contribution in [0.2, 0.25) is 0 Å². The monoisotopic (exact) mass is 1280 g/mol. The maximum atomic E-state index is 6.61. The number of rotatable bonds is 8. The summed E-state index contributed by atoms with van der Waals surface area (Å²) in [4.78, 5) is 40.5. The lowest BCUT2D eigenvalue weighted by Gasteiger charge is -2.10. The molecule has 0 radical (unpaired) electrons. The quantitative estimate of drug-likeness (QED) is 0.145. The Hall–Kier alpha value is -11.5. The van der Waals surface area contributed by atoms with Crippen molar-refractivity contribution in [3.05, 3.63) is 267 Å². The Morgan fingerprint density at radius 1 is 0.234 bits per heavy atom. The summed E-state index contributed by atoms with van der Waals surface area (Å²) in [5, 5.41) is 10.8. The molecule has 0 aliphatic heterocycles. The molecular formula is C80H44N8O2S4. The van der Waals surface area contributed by atoms with E-state index in [1.165, 1.54) is 35.6 Å². The molecule has 94 heavy (non-hydrogen) atoms. The Morgan fingerprint density at radius 3 is 1.18 bits per heavy atom. The molecule has 0 aliphatic rings. The van der Waals surface area contributed by atoms with E-state index < -0.39 is 0 Å². The smallest absolute Gasteiger partial charge is 0.165 e. The SMILES string of the molecule is c1ccc(-c2nc(-c3ccc4c(c3)sc3ccccc34)nc(-c3cccc4oc5c(-c6nc7ccccc7s6)cccc5c34)n2)cc1.c1ccc(-c2nc(-c3cccc4c3sc3ccccc34)nc(-c3cccc4oc5c(-c6nc7ccccc7s6)cccc5c34)n2)cc1. The Labute approximate surface area is 551 Å². The standard InChI is InChI=1S/2C40H22N4OS2/c1-2-11-23(12-3-1)37-42-38(44-39(43-37)29-18-8-14-25-24-13-4-6-21-32(24)46-36(25)29)27-16-10-20-31-34(27)26-15-9-17-28(35(26)45-31)40-41-30-19-5-7-22-33(30)47-40;1-2-10-23(11-3-1)37-42-38(24-20-21-26-25-12-4-6-18-32(25)46-34(26)22-24)44-39(43-37)28-14-9-17-31-35(28)27-13-8-15-29(36(27)45-31)40-41-30-16-5-7-19-33(30)47-40/h2*1-22H. The fourth-order valence-electron chi connectivity index (χ4n) is 12.8. The normalized spacial score (nSPS) is 11.8. The van der Waals surface area contributed by atoms with E-state index >= 15 is 0 Å². The first-order valence-electron chi connectivity index (χ1n) is 30.6. The van der Waals surface area contributed by atoms with E-state index in [4.69, 9.17) is 48.7 Å². The van der Waals surface area contributed by atoms with Crippen LogP contribution in [0.15, 0.2) is 276 Å². The summed E-state index contributed by atoms with van der Waals surface area (Å²) < 4.78 is 20.4. The summed E-state index contributed by atoms with van der Waals surface area (Å²) in [6, 6.07) is 91.3. The van der Waals surface area contributed by atoms with E-state index in [2.05, 4.69) is 146 Å². The van der Waals surface area contributed by atoms with Crippen molar-refractivity contribution < 1.29 is 8.83 Å². The van der Waals surface area contributed by atoms with Crippen molar-refractivity contribution in [3.8, 4) is 89.5 Å². The summed E-state index contributed by atoms with van der Waals surface area (Å²) in [5.74, 6) is 3.74. The van der Waals surface area contributed by atoms with Gasteiger partial charge in [-0.1, -0.05) is 194 Å². The third-order valence-electron chi connectivity index (χ3n) is 17.2. The number of hydrogen-bond acceptors (Lipinski definition) is 14. The highest BCUT2D eigenvalue weighted by atomic mass is 32.1. The maximum Gasteiger partial charge on any atom is 0.165 e. The average Bonchev–Trinajstić information content (AvgIpc) is 1.59. The van der Waals surface area contributed by atoms with Crippen LogP contribution in [0.4, 0.5) is 0 Å². The molecule has 8 heterocycles. The van der Waals surface area contributed by atoms with Crippen LogP contribution in [-0.4, -0.2) is 39.9 Å². The van der Waals surface area contributed by atoms with Gasteiger partial charge in [0.2, 0.25) is 0 Å². The first kappa shape index (κ1) is 54.2. The number of aromatic nitrogens is 8. The molecule has 0 fully saturated rings. The van der Waals surface area contributed by atoms with E-state index in [0.29, 0.717) is 34.9 Å². The van der Waals surface area contributed by atoms with Crippen LogP contribution in [-0.2, 0) is 0 Å². The van der Waals surface area contributed by atoms with Crippen molar-refractivity contribution in [2.75, 3.05) is 0 Å². The largest absolute Gasteiger partial charge is 0.455 e. The third kappa shape index (κ3) is 9.17. The van der Waals surface area contributed by atoms with E-state index in [-0.39, 0.29) is 0 Å². The Bertz CT molecular complexity index is 6340. The van der Waals surface area contributed by atoms with Gasteiger partial charge in [0.1, 0.15) is 32.3 Å². The highest BCUT2D eigenvalue weighted by molar-refractivity contribution is 7.26. The van der Waals surface area contributed by atoms with Gasteiger partial charge < -0.3 is 8.83 Å². The van der Waals surface area contributed by atoms with Crippen LogP contribution in [0.3, 0.4) is 0 Å². The summed E-state index contributed by atoms with van der Waals surface area (Å²) in [6.07, 6.45) is 0. The lowest BCUT2D eigenvalue weighted by Crippen LogP contribution is -2.00. The second-order valence-corrected chi connectivity index (χ2v) is 27.0. The summed E-state index contributed by atoms with van der Waals surface area (Å²) >= 11 is 6.91. The van der Waals surface area contributed by atoms with Gasteiger partial charge in [0.25, 0.3) is 0 Å². The molecule has 20 aromatic rings. The van der Waals surface area contributed by atoms with Crippen LogP contribution >= 0.6 is 45.3 Å². The molecular weight excluding hydrogens is 1230 g/mol. The van der Waals surface area contributed by atoms with E-state index in [0.717, 1.165) is 124 Å². The third-order valence-corrected chi connectivity index (χ3v) is 21.7. The van der Waals surface area contributed by atoms with Crippen molar-refractivity contribution in [1.82, 2.24) is 39.9 Å². The number of nitrogens with zero attached hydrogens (tertiary/aromatic N) is 8. The van der Waals surface area contributed by atoms with Crippen LogP contribution in [0.5, 0.6) is 0 Å². The summed E-state index contributed by atoms with van der Waals surface area (Å²) in [5.41, 5.74) is 12.7. The molecule has 0 atom stereocenters. The van der Waals surface area contributed by atoms with Crippen molar-refractivity contribution in [2.24, 2.45) is 0 Å². The maximum absolute atomic E-state index is 6.61. The fourth-order valence-corrected chi connectivity index (χ4v) is 17.2. The molecule has 0 N–H and O–H groups in total. The van der Waals surface area contributed by atoms with E-state index in [9.17, 15) is 0 Å². The molecule has 12 aromatic carbocycles. The van der Waals surface area contributed by atoms with Crippen molar-refractivity contribution in [2.45, 2.75) is 0 Å². The lowest BCUT2D eigenvalue weighted by atomic mass is 10.0. The summed E-state index contributed by atoms with van der Waals surface area (Å²) in [6.45, 7) is 0. The number of hydrogen-bond donors (Lipinski definition) is 0. The van der Waals surface area contributed by atoms with Crippen LogP contribution in [0, 0.1) is 0 Å². The Morgan fingerprint density at radius 2 is 0.628 bits per heavy atom. The number of fused-ring (bicyclic) bond motifs is 14. The zero-order chi connectivity index (χ0) is 61.8. The fraction of sp³-hybridized carbons (Fsp3) is 0. The van der Waals surface area contributed by atoms with Crippen LogP contribution in [0.25, 0.3) is 194 Å². The highest BCUT2D eigenvalue weighted by Crippen LogP contribution is 2.46. The molecule has 8 aromatic heterocycles. The molecule has 20 rings (SSSR count).